The van der Waals surface area contributed by atoms with E-state index in [1.807, 2.05) is 0 Å². The molecule has 4 saturated carbocycles. The van der Waals surface area contributed by atoms with Crippen LogP contribution in [0.15, 0.2) is 48.5 Å². The number of nitrogens with zero attached hydrogens (tertiary/aromatic N) is 2. The van der Waals surface area contributed by atoms with Crippen LogP contribution >= 0.6 is 0 Å². The number of anilines is 4. The lowest BCUT2D eigenvalue weighted by molar-refractivity contribution is 0.0334. The van der Waals surface area contributed by atoms with Crippen LogP contribution < -0.4 is 26.2 Å². The molecule has 46 heavy (non-hydrogen) atoms. The minimum atomic E-state index is 0.103. The van der Waals surface area contributed by atoms with Gasteiger partial charge in [0.05, 0.1) is 11.1 Å². The highest BCUT2D eigenvalue weighted by Gasteiger charge is 2.69. The lowest BCUT2D eigenvalue weighted by Gasteiger charge is -2.61. The first-order chi connectivity index (χ1) is 22.2. The normalized spacial score (nSPS) is 40.3. The van der Waals surface area contributed by atoms with Gasteiger partial charge in [0.2, 0.25) is 0 Å². The Morgan fingerprint density at radius 2 is 1.15 bits per heavy atom. The van der Waals surface area contributed by atoms with Gasteiger partial charge in [-0.1, -0.05) is 94.3 Å². The minimum absolute atomic E-state index is 0.103. The van der Waals surface area contributed by atoms with E-state index in [1.165, 1.54) is 82.6 Å². The first-order valence-corrected chi connectivity index (χ1v) is 19.3. The quantitative estimate of drug-likeness (QED) is 0.236. The molecule has 8 atom stereocenters. The largest absolute Gasteiger partial charge is 0.335 e. The highest BCUT2D eigenvalue weighted by Crippen LogP contribution is 2.69. The van der Waals surface area contributed by atoms with Crippen LogP contribution in [0, 0.1) is 30.6 Å². The second-order valence-corrected chi connectivity index (χ2v) is 18.1. The van der Waals surface area contributed by atoms with Gasteiger partial charge in [-0.25, -0.2) is 0 Å². The van der Waals surface area contributed by atoms with Gasteiger partial charge in [0, 0.05) is 33.6 Å². The Hall–Kier alpha value is -2.68. The van der Waals surface area contributed by atoms with Crippen molar-refractivity contribution in [1.82, 2.24) is 0 Å². The Kier molecular flexibility index (Phi) is 5.03. The summed E-state index contributed by atoms with van der Waals surface area (Å²) in [5.74, 6) is 3.25. The molecule has 0 N–H and O–H groups in total. The summed E-state index contributed by atoms with van der Waals surface area (Å²) in [7, 11) is 0. The van der Waals surface area contributed by atoms with Gasteiger partial charge in [-0.05, 0) is 123 Å². The molecule has 0 saturated heterocycles. The second-order valence-electron chi connectivity index (χ2n) is 18.1. The molecule has 3 aromatic rings. The average molecular weight is 607 g/mol. The Morgan fingerprint density at radius 1 is 0.609 bits per heavy atom. The smallest absolute Gasteiger partial charge is 0.252 e. The van der Waals surface area contributed by atoms with Crippen molar-refractivity contribution in [1.29, 1.82) is 0 Å². The van der Waals surface area contributed by atoms with Crippen LogP contribution in [-0.4, -0.2) is 17.8 Å². The van der Waals surface area contributed by atoms with E-state index < -0.39 is 0 Å². The summed E-state index contributed by atoms with van der Waals surface area (Å²) in [5, 5.41) is 0. The lowest BCUT2D eigenvalue weighted by atomic mass is 9.33. The maximum absolute atomic E-state index is 3.01. The van der Waals surface area contributed by atoms with Crippen LogP contribution in [0.25, 0.3) is 0 Å². The molecule has 8 aliphatic rings. The molecule has 11 rings (SSSR count). The molecular weight excluding hydrogens is 555 g/mol. The highest BCUT2D eigenvalue weighted by molar-refractivity contribution is 7.00. The SMILES string of the molecule is Cc1cc2c3c(c1)C1(C)CCC4CCCCC4C1(C)N3c1cccc3c1B2c1cccc2c1N3C1(C)C3CCCCC3CCC21C. The zero-order valence-corrected chi connectivity index (χ0v) is 28.9. The van der Waals surface area contributed by atoms with Crippen molar-refractivity contribution < 1.29 is 0 Å². The van der Waals surface area contributed by atoms with E-state index in [9.17, 15) is 0 Å². The van der Waals surface area contributed by atoms with Gasteiger partial charge in [0.15, 0.2) is 0 Å². The lowest BCUT2D eigenvalue weighted by Crippen LogP contribution is -2.69. The number of para-hydroxylation sites is 1. The van der Waals surface area contributed by atoms with E-state index >= 15 is 0 Å². The number of rotatable bonds is 0. The average Bonchev–Trinajstić information content (AvgIpc) is 3.42. The first kappa shape index (κ1) is 27.3. The van der Waals surface area contributed by atoms with Crippen LogP contribution in [0.4, 0.5) is 22.7 Å². The first-order valence-electron chi connectivity index (χ1n) is 19.3. The molecule has 3 aromatic carbocycles. The van der Waals surface area contributed by atoms with E-state index in [2.05, 4.69) is 92.9 Å². The van der Waals surface area contributed by atoms with E-state index in [1.54, 1.807) is 50.3 Å². The van der Waals surface area contributed by atoms with Crippen molar-refractivity contribution in [2.45, 2.75) is 134 Å². The maximum Gasteiger partial charge on any atom is 0.252 e. The van der Waals surface area contributed by atoms with Crippen molar-refractivity contribution in [3.8, 4) is 0 Å². The molecule has 0 bridgehead atoms. The highest BCUT2D eigenvalue weighted by atomic mass is 15.3. The maximum atomic E-state index is 3.01. The van der Waals surface area contributed by atoms with Crippen molar-refractivity contribution in [2.24, 2.45) is 23.7 Å². The molecule has 0 amide bonds. The Balaban J connectivity index is 1.23. The molecular formula is C43H51BN2. The van der Waals surface area contributed by atoms with Crippen LogP contribution in [0.1, 0.15) is 121 Å². The van der Waals surface area contributed by atoms with Gasteiger partial charge in [-0.3, -0.25) is 0 Å². The van der Waals surface area contributed by atoms with Gasteiger partial charge >= 0.3 is 0 Å². The monoisotopic (exact) mass is 606 g/mol. The second kappa shape index (κ2) is 8.48. The standard InChI is InChI=1S/C43H51BN2/c1-26-24-32-39-34(25-26)44-33-17-10-16-31-38(33)45(42(4)29-14-8-6-12-27(29)20-22-40(31,42)2)35-18-11-19-36(37(35)44)46(39)43(5)30-15-9-7-13-28(30)21-23-41(32,43)3/h10-11,16-19,24-25,27-30H,6-9,12-15,20-23H2,1-5H3. The fraction of sp³-hybridized carbons (Fsp3) is 0.581. The number of fused-ring (bicyclic) bond motifs is 14. The number of hydrogen-bond acceptors (Lipinski definition) is 2. The molecule has 4 aliphatic heterocycles. The minimum Gasteiger partial charge on any atom is -0.335 e. The van der Waals surface area contributed by atoms with E-state index in [0.29, 0.717) is 6.71 Å². The summed E-state index contributed by atoms with van der Waals surface area (Å²) in [4.78, 5) is 6.00. The molecule has 2 nitrogen and oxygen atoms in total. The summed E-state index contributed by atoms with van der Waals surface area (Å²) in [6.45, 7) is 13.5. The van der Waals surface area contributed by atoms with Gasteiger partial charge in [0.25, 0.3) is 6.71 Å². The third-order valence-corrected chi connectivity index (χ3v) is 16.9. The fourth-order valence-corrected chi connectivity index (χ4v) is 14.6. The molecule has 0 aromatic heterocycles. The zero-order chi connectivity index (χ0) is 31.0. The predicted octanol–water partition coefficient (Wildman–Crippen LogP) is 8.67. The van der Waals surface area contributed by atoms with Crippen molar-refractivity contribution in [3.63, 3.8) is 0 Å². The van der Waals surface area contributed by atoms with Crippen LogP contribution in [0.2, 0.25) is 0 Å². The molecule has 236 valence electrons. The van der Waals surface area contributed by atoms with Crippen LogP contribution in [0.3, 0.4) is 0 Å². The van der Waals surface area contributed by atoms with Crippen molar-refractivity contribution >= 4 is 45.9 Å². The van der Waals surface area contributed by atoms with Gasteiger partial charge in [0.1, 0.15) is 0 Å². The summed E-state index contributed by atoms with van der Waals surface area (Å²) in [6, 6.07) is 20.3. The number of benzene rings is 3. The van der Waals surface area contributed by atoms with Gasteiger partial charge < -0.3 is 9.80 Å². The molecule has 0 spiro atoms. The topological polar surface area (TPSA) is 6.48 Å². The van der Waals surface area contributed by atoms with Crippen LogP contribution in [-0.2, 0) is 10.8 Å². The fourth-order valence-electron chi connectivity index (χ4n) is 14.6. The molecule has 4 aliphatic carbocycles. The Bertz CT molecular complexity index is 1850. The molecule has 8 unspecified atom stereocenters. The van der Waals surface area contributed by atoms with Crippen molar-refractivity contribution in [2.75, 3.05) is 9.80 Å². The van der Waals surface area contributed by atoms with Crippen LogP contribution in [0.5, 0.6) is 0 Å². The summed E-state index contributed by atoms with van der Waals surface area (Å²) in [5.41, 5.74) is 16.4. The Labute approximate surface area is 277 Å². The third kappa shape index (κ3) is 2.71. The van der Waals surface area contributed by atoms with E-state index in [4.69, 9.17) is 0 Å². The van der Waals surface area contributed by atoms with Gasteiger partial charge in [-0.2, -0.15) is 0 Å². The summed E-state index contributed by atoms with van der Waals surface area (Å²) in [6.07, 6.45) is 16.8. The van der Waals surface area contributed by atoms with Crippen molar-refractivity contribution in [3.05, 3.63) is 65.2 Å². The summed E-state index contributed by atoms with van der Waals surface area (Å²) < 4.78 is 0. The molecule has 4 fully saturated rings. The number of aryl methyl sites for hydroxylation is 1. The zero-order valence-electron chi connectivity index (χ0n) is 28.9. The van der Waals surface area contributed by atoms with E-state index in [0.717, 1.165) is 23.7 Å². The third-order valence-electron chi connectivity index (χ3n) is 16.9. The molecule has 0 radical (unpaired) electrons. The predicted molar refractivity (Wildman–Crippen MR) is 194 cm³/mol. The number of hydrogen-bond donors (Lipinski definition) is 0. The van der Waals surface area contributed by atoms with E-state index in [-0.39, 0.29) is 21.9 Å². The molecule has 4 heterocycles. The van der Waals surface area contributed by atoms with Gasteiger partial charge in [-0.15, -0.1) is 0 Å². The molecule has 3 heteroatoms. The Morgan fingerprint density at radius 3 is 1.78 bits per heavy atom. The summed E-state index contributed by atoms with van der Waals surface area (Å²) >= 11 is 0.